The Morgan fingerprint density at radius 2 is 1.83 bits per heavy atom. The third-order valence-corrected chi connectivity index (χ3v) is 12.1. The first-order chi connectivity index (χ1) is 16.6. The lowest BCUT2D eigenvalue weighted by Gasteiger charge is -2.58. The molecule has 0 bridgehead atoms. The Morgan fingerprint density at radius 1 is 1.06 bits per heavy atom. The maximum Gasteiger partial charge on any atom is 0.256 e. The summed E-state index contributed by atoms with van der Waals surface area (Å²) < 4.78 is 6.13. The van der Waals surface area contributed by atoms with Crippen molar-refractivity contribution in [2.24, 2.45) is 52.3 Å². The molecule has 0 unspecified atom stereocenters. The van der Waals surface area contributed by atoms with Gasteiger partial charge in [0, 0.05) is 13.0 Å². The zero-order chi connectivity index (χ0) is 25.4. The van der Waals surface area contributed by atoms with Gasteiger partial charge in [-0.1, -0.05) is 66.0 Å². The summed E-state index contributed by atoms with van der Waals surface area (Å²) >= 11 is 5.40. The van der Waals surface area contributed by atoms with Crippen LogP contribution in [0.3, 0.4) is 0 Å². The lowest BCUT2D eigenvalue weighted by molar-refractivity contribution is -0.0567. The highest BCUT2D eigenvalue weighted by molar-refractivity contribution is 7.80. The number of nitrogens with one attached hydrogen (secondary N) is 1. The van der Waals surface area contributed by atoms with Gasteiger partial charge < -0.3 is 10.1 Å². The molecular formula is C32H55NOS. The maximum atomic E-state index is 6.13. The third kappa shape index (κ3) is 5.23. The highest BCUT2D eigenvalue weighted by Gasteiger charge is 2.59. The first-order valence-electron chi connectivity index (χ1n) is 15.3. The molecule has 200 valence electrons. The molecule has 0 radical (unpaired) electrons. The molecule has 0 heterocycles. The maximum absolute atomic E-state index is 6.13. The Morgan fingerprint density at radius 3 is 2.51 bits per heavy atom. The minimum Gasteiger partial charge on any atom is -0.467 e. The minimum atomic E-state index is 0.265. The van der Waals surface area contributed by atoms with Crippen LogP contribution in [0.15, 0.2) is 11.6 Å². The van der Waals surface area contributed by atoms with Gasteiger partial charge in [0.25, 0.3) is 5.17 Å². The molecule has 35 heavy (non-hydrogen) atoms. The van der Waals surface area contributed by atoms with E-state index in [9.17, 15) is 0 Å². The van der Waals surface area contributed by atoms with Gasteiger partial charge in [-0.05, 0) is 123 Å². The largest absolute Gasteiger partial charge is 0.467 e. The molecule has 4 aliphatic rings. The highest BCUT2D eigenvalue weighted by Crippen LogP contribution is 2.67. The summed E-state index contributed by atoms with van der Waals surface area (Å²) in [5.74, 6) is 6.27. The summed E-state index contributed by atoms with van der Waals surface area (Å²) in [4.78, 5) is 0. The number of hydrogen-bond acceptors (Lipinski definition) is 2. The Balaban J connectivity index is 1.43. The van der Waals surface area contributed by atoms with Crippen molar-refractivity contribution in [3.8, 4) is 0 Å². The molecule has 0 spiro atoms. The van der Waals surface area contributed by atoms with E-state index >= 15 is 0 Å². The van der Waals surface area contributed by atoms with Crippen LogP contribution in [0.2, 0.25) is 0 Å². The second-order valence-corrected chi connectivity index (χ2v) is 14.1. The lowest BCUT2D eigenvalue weighted by atomic mass is 9.47. The van der Waals surface area contributed by atoms with E-state index in [2.05, 4.69) is 59.9 Å². The Hall–Kier alpha value is -0.570. The predicted molar refractivity (Wildman–Crippen MR) is 153 cm³/mol. The van der Waals surface area contributed by atoms with Gasteiger partial charge >= 0.3 is 0 Å². The highest BCUT2D eigenvalue weighted by atomic mass is 32.1. The Labute approximate surface area is 222 Å². The SMILES string of the molecule is CCNC(=S)O[C@H]1CC[C@@]2(C)C(=CC[C@H]3[C@@H]4CC[C@H]([C@H](C)CC[C@H](CC)C(C)C)[C@@]4(C)CC[C@@H]32)C1. The molecule has 1 N–H and O–H groups in total. The van der Waals surface area contributed by atoms with Gasteiger partial charge in [0.1, 0.15) is 6.10 Å². The van der Waals surface area contributed by atoms with Crippen molar-refractivity contribution in [2.75, 3.05) is 6.54 Å². The van der Waals surface area contributed by atoms with Gasteiger partial charge in [-0.2, -0.15) is 0 Å². The van der Waals surface area contributed by atoms with Crippen LogP contribution < -0.4 is 5.32 Å². The van der Waals surface area contributed by atoms with Gasteiger partial charge in [0.2, 0.25) is 0 Å². The second kappa shape index (κ2) is 11.0. The van der Waals surface area contributed by atoms with Crippen LogP contribution in [0.5, 0.6) is 0 Å². The average molecular weight is 502 g/mol. The first-order valence-corrected chi connectivity index (χ1v) is 15.7. The fourth-order valence-electron chi connectivity index (χ4n) is 9.73. The van der Waals surface area contributed by atoms with Gasteiger partial charge in [0.05, 0.1) is 0 Å². The summed E-state index contributed by atoms with van der Waals surface area (Å²) in [7, 11) is 0. The van der Waals surface area contributed by atoms with Crippen LogP contribution in [0.4, 0.5) is 0 Å². The molecule has 3 saturated carbocycles. The van der Waals surface area contributed by atoms with E-state index in [1.54, 1.807) is 5.57 Å². The topological polar surface area (TPSA) is 21.3 Å². The van der Waals surface area contributed by atoms with Crippen molar-refractivity contribution in [3.05, 3.63) is 11.6 Å². The number of ether oxygens (including phenoxy) is 1. The van der Waals surface area contributed by atoms with Crippen molar-refractivity contribution >= 4 is 17.4 Å². The van der Waals surface area contributed by atoms with E-state index in [4.69, 9.17) is 17.0 Å². The molecule has 3 heteroatoms. The number of hydrogen-bond donors (Lipinski definition) is 1. The number of thiocarbonyl (C=S) groups is 1. The lowest BCUT2D eigenvalue weighted by Crippen LogP contribution is -2.51. The molecule has 3 fully saturated rings. The van der Waals surface area contributed by atoms with E-state index in [0.29, 0.717) is 16.0 Å². The quantitative estimate of drug-likeness (QED) is 0.265. The normalized spacial score (nSPS) is 40.2. The van der Waals surface area contributed by atoms with Crippen LogP contribution in [0.25, 0.3) is 0 Å². The monoisotopic (exact) mass is 501 g/mol. The first kappa shape index (κ1) is 27.5. The van der Waals surface area contributed by atoms with Crippen LogP contribution >= 0.6 is 12.2 Å². The summed E-state index contributed by atoms with van der Waals surface area (Å²) in [5.41, 5.74) is 2.65. The van der Waals surface area contributed by atoms with E-state index < -0.39 is 0 Å². The molecule has 4 aliphatic carbocycles. The van der Waals surface area contributed by atoms with Crippen molar-refractivity contribution in [1.29, 1.82) is 0 Å². The molecule has 0 aromatic heterocycles. The van der Waals surface area contributed by atoms with Gasteiger partial charge in [-0.3, -0.25) is 0 Å². The van der Waals surface area contributed by atoms with Crippen molar-refractivity contribution in [1.82, 2.24) is 5.32 Å². The van der Waals surface area contributed by atoms with Crippen LogP contribution in [0, 0.1) is 52.3 Å². The van der Waals surface area contributed by atoms with Crippen molar-refractivity contribution in [3.63, 3.8) is 0 Å². The fraction of sp³-hybridized carbons (Fsp3) is 0.906. The van der Waals surface area contributed by atoms with E-state index in [1.165, 1.54) is 57.8 Å². The zero-order valence-electron chi connectivity index (χ0n) is 24.0. The van der Waals surface area contributed by atoms with Crippen LogP contribution in [-0.2, 0) is 4.74 Å². The van der Waals surface area contributed by atoms with Gasteiger partial charge in [-0.25, -0.2) is 0 Å². The Kier molecular flexibility index (Phi) is 8.66. The average Bonchev–Trinajstić information content (AvgIpc) is 3.17. The summed E-state index contributed by atoms with van der Waals surface area (Å²) in [6, 6.07) is 0. The third-order valence-electron chi connectivity index (χ3n) is 11.9. The molecule has 0 aliphatic heterocycles. The van der Waals surface area contributed by atoms with Crippen molar-refractivity contribution in [2.45, 2.75) is 125 Å². The molecule has 0 amide bonds. The van der Waals surface area contributed by atoms with Crippen LogP contribution in [-0.4, -0.2) is 17.8 Å². The standard InChI is InChI=1S/C32H55NOS/c1-8-23(21(3)4)11-10-22(5)27-14-15-28-26-13-12-24-20-25(34-30(35)33-9-2)16-18-31(24,6)29(26)17-19-32(27,28)7/h12,21-23,25-29H,8-11,13-20H2,1-7H3,(H,33,35)/t22-,23+,25+,26+,27-,28+,29+,31+,32-/m1/s1. The number of allylic oxidation sites excluding steroid dienone is 1. The fourth-order valence-corrected chi connectivity index (χ4v) is 10.0. The second-order valence-electron chi connectivity index (χ2n) is 13.8. The smallest absolute Gasteiger partial charge is 0.256 e. The number of rotatable bonds is 8. The molecule has 4 rings (SSSR count). The summed E-state index contributed by atoms with van der Waals surface area (Å²) in [6.07, 6.45) is 17.8. The zero-order valence-corrected chi connectivity index (χ0v) is 24.8. The summed E-state index contributed by atoms with van der Waals surface area (Å²) in [6.45, 7) is 18.1. The van der Waals surface area contributed by atoms with E-state index in [0.717, 1.165) is 60.8 Å². The van der Waals surface area contributed by atoms with Gasteiger partial charge in [-0.15, -0.1) is 0 Å². The minimum absolute atomic E-state index is 0.265. The van der Waals surface area contributed by atoms with Crippen LogP contribution in [0.1, 0.15) is 119 Å². The number of fused-ring (bicyclic) bond motifs is 5. The van der Waals surface area contributed by atoms with E-state index in [-0.39, 0.29) is 6.10 Å². The summed E-state index contributed by atoms with van der Waals surface area (Å²) in [5, 5.41) is 3.77. The molecular weight excluding hydrogens is 446 g/mol. The van der Waals surface area contributed by atoms with E-state index in [1.807, 2.05) is 0 Å². The molecule has 2 nitrogen and oxygen atoms in total. The Bertz CT molecular complexity index is 776. The molecule has 0 aromatic carbocycles. The van der Waals surface area contributed by atoms with Crippen molar-refractivity contribution < 1.29 is 4.74 Å². The molecule has 0 saturated heterocycles. The van der Waals surface area contributed by atoms with Gasteiger partial charge in [0.15, 0.2) is 0 Å². The molecule has 9 atom stereocenters. The molecule has 0 aromatic rings. The predicted octanol–water partition coefficient (Wildman–Crippen LogP) is 8.94.